The number of nitrogens with zero attached hydrogens (tertiary/aromatic N) is 2. The highest BCUT2D eigenvalue weighted by Crippen LogP contribution is 2.24. The minimum atomic E-state index is -0.720. The van der Waals surface area contributed by atoms with E-state index in [1.165, 1.54) is 0 Å². The molecule has 0 saturated carbocycles. The zero-order valence-electron chi connectivity index (χ0n) is 17.5. The minimum Gasteiger partial charge on any atom is -0.495 e. The first-order valence-electron chi connectivity index (χ1n) is 10.1. The van der Waals surface area contributed by atoms with Crippen molar-refractivity contribution in [3.63, 3.8) is 0 Å². The SMILES string of the molecule is COc1cnc(C(=O)N[C@H]2CCOC[C@@H]2O)cc1Cc1ccc(-c2coc(C)n2)cc1. The van der Waals surface area contributed by atoms with E-state index in [9.17, 15) is 9.90 Å². The summed E-state index contributed by atoms with van der Waals surface area (Å²) in [6.07, 6.45) is 3.60. The Labute approximate surface area is 180 Å². The van der Waals surface area contributed by atoms with Crippen molar-refractivity contribution < 1.29 is 23.8 Å². The summed E-state index contributed by atoms with van der Waals surface area (Å²) in [7, 11) is 1.58. The van der Waals surface area contributed by atoms with E-state index in [1.807, 2.05) is 31.2 Å². The molecular formula is C23H25N3O5. The number of hydrogen-bond donors (Lipinski definition) is 2. The normalized spacial score (nSPS) is 18.5. The van der Waals surface area contributed by atoms with Crippen molar-refractivity contribution >= 4 is 5.91 Å². The van der Waals surface area contributed by atoms with E-state index >= 15 is 0 Å². The highest BCUT2D eigenvalue weighted by molar-refractivity contribution is 5.92. The van der Waals surface area contributed by atoms with E-state index in [0.29, 0.717) is 31.1 Å². The fourth-order valence-electron chi connectivity index (χ4n) is 3.57. The molecule has 3 heterocycles. The molecule has 2 atom stereocenters. The molecule has 1 fully saturated rings. The second-order valence-corrected chi connectivity index (χ2v) is 7.52. The lowest BCUT2D eigenvalue weighted by Gasteiger charge is -2.28. The Kier molecular flexibility index (Phi) is 6.29. The van der Waals surface area contributed by atoms with Crippen molar-refractivity contribution in [3.05, 3.63) is 65.5 Å². The maximum Gasteiger partial charge on any atom is 0.270 e. The first-order valence-corrected chi connectivity index (χ1v) is 10.1. The molecule has 1 amide bonds. The molecule has 2 N–H and O–H groups in total. The second-order valence-electron chi connectivity index (χ2n) is 7.52. The third kappa shape index (κ3) is 4.92. The molecule has 1 aromatic carbocycles. The standard InChI is InChI=1S/C23H25N3O5/c1-14-25-20(12-31-14)16-5-3-15(4-6-16)9-17-10-19(24-11-22(17)29-2)23(28)26-18-7-8-30-13-21(18)27/h3-6,10-12,18,21,27H,7-9,13H2,1-2H3,(H,26,28)/t18-,21-/m0/s1. The lowest BCUT2D eigenvalue weighted by Crippen LogP contribution is -2.48. The fourth-order valence-corrected chi connectivity index (χ4v) is 3.57. The van der Waals surface area contributed by atoms with Crippen LogP contribution in [0, 0.1) is 6.92 Å². The Balaban J connectivity index is 1.50. The number of rotatable bonds is 6. The largest absolute Gasteiger partial charge is 0.495 e. The quantitative estimate of drug-likeness (QED) is 0.627. The van der Waals surface area contributed by atoms with Gasteiger partial charge in [-0.1, -0.05) is 24.3 Å². The van der Waals surface area contributed by atoms with E-state index in [2.05, 4.69) is 15.3 Å². The van der Waals surface area contributed by atoms with Gasteiger partial charge in [0.1, 0.15) is 23.4 Å². The van der Waals surface area contributed by atoms with E-state index < -0.39 is 6.10 Å². The fraction of sp³-hybridized carbons (Fsp3) is 0.348. The van der Waals surface area contributed by atoms with Gasteiger partial charge in [0.15, 0.2) is 5.89 Å². The smallest absolute Gasteiger partial charge is 0.270 e. The number of oxazole rings is 1. The molecular weight excluding hydrogens is 398 g/mol. The van der Waals surface area contributed by atoms with Crippen LogP contribution in [0.15, 0.2) is 47.2 Å². The molecule has 0 bridgehead atoms. The van der Waals surface area contributed by atoms with E-state index in [4.69, 9.17) is 13.9 Å². The van der Waals surface area contributed by atoms with Crippen LogP contribution in [-0.2, 0) is 11.2 Å². The number of amides is 1. The monoisotopic (exact) mass is 423 g/mol. The molecule has 3 aromatic rings. The van der Waals surface area contributed by atoms with E-state index in [-0.39, 0.29) is 24.2 Å². The van der Waals surface area contributed by atoms with Crippen LogP contribution in [0.4, 0.5) is 0 Å². The summed E-state index contributed by atoms with van der Waals surface area (Å²) < 4.78 is 15.9. The van der Waals surface area contributed by atoms with Crippen LogP contribution in [0.1, 0.15) is 33.9 Å². The van der Waals surface area contributed by atoms with Crippen LogP contribution in [0.25, 0.3) is 11.3 Å². The van der Waals surface area contributed by atoms with Gasteiger partial charge in [0.2, 0.25) is 0 Å². The highest BCUT2D eigenvalue weighted by atomic mass is 16.5. The molecule has 162 valence electrons. The molecule has 1 aliphatic heterocycles. The Morgan fingerprint density at radius 3 is 2.81 bits per heavy atom. The van der Waals surface area contributed by atoms with E-state index in [0.717, 1.165) is 22.4 Å². The summed E-state index contributed by atoms with van der Waals surface area (Å²) in [4.78, 5) is 21.3. The molecule has 1 saturated heterocycles. The number of carbonyl (C=O) groups is 1. The molecule has 1 aliphatic rings. The first-order chi connectivity index (χ1) is 15.0. The van der Waals surface area contributed by atoms with Gasteiger partial charge in [-0.25, -0.2) is 9.97 Å². The molecule has 31 heavy (non-hydrogen) atoms. The van der Waals surface area contributed by atoms with Crippen LogP contribution in [-0.4, -0.2) is 53.5 Å². The maximum absolute atomic E-state index is 12.7. The number of aromatic nitrogens is 2. The molecule has 0 radical (unpaired) electrons. The van der Waals surface area contributed by atoms with Gasteiger partial charge in [-0.15, -0.1) is 0 Å². The topological polar surface area (TPSA) is 107 Å². The third-order valence-electron chi connectivity index (χ3n) is 5.31. The Morgan fingerprint density at radius 2 is 2.13 bits per heavy atom. The number of methoxy groups -OCH3 is 1. The Bertz CT molecular complexity index is 1050. The van der Waals surface area contributed by atoms with Gasteiger partial charge in [-0.3, -0.25) is 4.79 Å². The van der Waals surface area contributed by atoms with Crippen LogP contribution in [0.5, 0.6) is 5.75 Å². The molecule has 4 rings (SSSR count). The van der Waals surface area contributed by atoms with Crippen LogP contribution in [0.2, 0.25) is 0 Å². The number of nitrogens with one attached hydrogen (secondary N) is 1. The zero-order chi connectivity index (χ0) is 21.8. The number of pyridine rings is 1. The number of aryl methyl sites for hydroxylation is 1. The number of ether oxygens (including phenoxy) is 2. The second kappa shape index (κ2) is 9.28. The molecule has 0 unspecified atom stereocenters. The first kappa shape index (κ1) is 21.0. The average Bonchev–Trinajstić information content (AvgIpc) is 3.22. The molecule has 8 nitrogen and oxygen atoms in total. The zero-order valence-corrected chi connectivity index (χ0v) is 17.5. The summed E-state index contributed by atoms with van der Waals surface area (Å²) in [6, 6.07) is 9.38. The third-order valence-corrected chi connectivity index (χ3v) is 5.31. The Morgan fingerprint density at radius 1 is 1.32 bits per heavy atom. The van der Waals surface area contributed by atoms with Gasteiger partial charge in [0, 0.05) is 31.1 Å². The Hall–Kier alpha value is -3.23. The maximum atomic E-state index is 12.7. The summed E-state index contributed by atoms with van der Waals surface area (Å²) in [5, 5.41) is 12.9. The predicted molar refractivity (Wildman–Crippen MR) is 113 cm³/mol. The molecule has 2 aromatic heterocycles. The summed E-state index contributed by atoms with van der Waals surface area (Å²) in [5.74, 6) is 0.908. The molecule has 8 heteroatoms. The van der Waals surface area contributed by atoms with Gasteiger partial charge in [-0.05, 0) is 18.1 Å². The molecule has 0 aliphatic carbocycles. The summed E-state index contributed by atoms with van der Waals surface area (Å²) in [6.45, 7) is 2.54. The number of aliphatic hydroxyl groups excluding tert-OH is 1. The van der Waals surface area contributed by atoms with Crippen molar-refractivity contribution in [2.75, 3.05) is 20.3 Å². The van der Waals surface area contributed by atoms with Crippen molar-refractivity contribution in [2.45, 2.75) is 31.9 Å². The van der Waals surface area contributed by atoms with E-state index in [1.54, 1.807) is 25.6 Å². The minimum absolute atomic E-state index is 0.218. The number of aliphatic hydroxyl groups is 1. The number of benzene rings is 1. The van der Waals surface area contributed by atoms with Crippen LogP contribution < -0.4 is 10.1 Å². The molecule has 0 spiro atoms. The van der Waals surface area contributed by atoms with Crippen molar-refractivity contribution in [3.8, 4) is 17.0 Å². The lowest BCUT2D eigenvalue weighted by atomic mass is 10.0. The van der Waals surface area contributed by atoms with Crippen LogP contribution in [0.3, 0.4) is 0 Å². The van der Waals surface area contributed by atoms with Gasteiger partial charge in [0.05, 0.1) is 32.1 Å². The summed E-state index contributed by atoms with van der Waals surface area (Å²) in [5.41, 5.74) is 3.95. The highest BCUT2D eigenvalue weighted by Gasteiger charge is 2.26. The van der Waals surface area contributed by atoms with Crippen LogP contribution >= 0.6 is 0 Å². The van der Waals surface area contributed by atoms with Crippen molar-refractivity contribution in [1.29, 1.82) is 0 Å². The van der Waals surface area contributed by atoms with Gasteiger partial charge < -0.3 is 24.3 Å². The lowest BCUT2D eigenvalue weighted by molar-refractivity contribution is -0.0261. The van der Waals surface area contributed by atoms with Gasteiger partial charge >= 0.3 is 0 Å². The predicted octanol–water partition coefficient (Wildman–Crippen LogP) is 2.52. The van der Waals surface area contributed by atoms with Gasteiger partial charge in [-0.2, -0.15) is 0 Å². The van der Waals surface area contributed by atoms with Crippen molar-refractivity contribution in [1.82, 2.24) is 15.3 Å². The van der Waals surface area contributed by atoms with Gasteiger partial charge in [0.25, 0.3) is 5.91 Å². The summed E-state index contributed by atoms with van der Waals surface area (Å²) >= 11 is 0. The average molecular weight is 423 g/mol. The number of hydrogen-bond acceptors (Lipinski definition) is 7. The number of carbonyl (C=O) groups excluding carboxylic acids is 1. The van der Waals surface area contributed by atoms with Crippen molar-refractivity contribution in [2.24, 2.45) is 0 Å².